The summed E-state index contributed by atoms with van der Waals surface area (Å²) in [6.07, 6.45) is -0.928. The van der Waals surface area contributed by atoms with Crippen LogP contribution in [0.2, 0.25) is 0 Å². The average Bonchev–Trinajstić information content (AvgIpc) is 3.21. The van der Waals surface area contributed by atoms with E-state index in [9.17, 15) is 9.90 Å². The maximum Gasteiger partial charge on any atom is 0.308 e. The Kier molecular flexibility index (Phi) is 6.06. The summed E-state index contributed by atoms with van der Waals surface area (Å²) in [4.78, 5) is 13.0. The molecule has 7 heteroatoms. The molecule has 1 aliphatic rings. The molecule has 5 aromatic rings. The summed E-state index contributed by atoms with van der Waals surface area (Å²) in [7, 11) is 0. The predicted molar refractivity (Wildman–Crippen MR) is 151 cm³/mol. The van der Waals surface area contributed by atoms with E-state index in [4.69, 9.17) is 9.47 Å². The van der Waals surface area contributed by atoms with Crippen LogP contribution >= 0.6 is 0 Å². The van der Waals surface area contributed by atoms with Gasteiger partial charge in [0.15, 0.2) is 17.2 Å². The van der Waals surface area contributed by atoms with E-state index in [1.807, 2.05) is 66.7 Å². The van der Waals surface area contributed by atoms with Crippen molar-refractivity contribution in [2.45, 2.75) is 38.8 Å². The standard InChI is InChI=1S/C32H29N3O4/c1-32(2,3)22-15-16-26-27(17-22)39-28(19-38-26)30(36)34-33-29-24-13-6-7-14-25(24)35(31(29)37)18-21-11-8-10-20-9-4-5-12-23(20)21/h4-17,28,37H,18-19H2,1-3H3. The van der Waals surface area contributed by atoms with Crippen LogP contribution in [0.15, 0.2) is 95.2 Å². The van der Waals surface area contributed by atoms with Gasteiger partial charge in [-0.3, -0.25) is 4.79 Å². The van der Waals surface area contributed by atoms with Crippen molar-refractivity contribution < 1.29 is 19.4 Å². The molecule has 0 aliphatic carbocycles. The van der Waals surface area contributed by atoms with Crippen molar-refractivity contribution in [1.82, 2.24) is 4.57 Å². The fourth-order valence-electron chi connectivity index (χ4n) is 4.96. The molecular weight excluding hydrogens is 490 g/mol. The molecule has 1 aromatic heterocycles. The zero-order chi connectivity index (χ0) is 27.1. The van der Waals surface area contributed by atoms with E-state index in [2.05, 4.69) is 49.2 Å². The second kappa shape index (κ2) is 9.58. The Bertz CT molecular complexity index is 1740. The van der Waals surface area contributed by atoms with Gasteiger partial charge in [0.1, 0.15) is 6.61 Å². The highest BCUT2D eigenvalue weighted by molar-refractivity contribution is 5.96. The van der Waals surface area contributed by atoms with Crippen molar-refractivity contribution in [1.29, 1.82) is 0 Å². The number of fused-ring (bicyclic) bond motifs is 3. The van der Waals surface area contributed by atoms with Crippen LogP contribution in [0.25, 0.3) is 21.7 Å². The molecule has 0 spiro atoms. The number of carbonyl (C=O) groups excluding carboxylic acids is 1. The molecule has 1 N–H and O–H groups in total. The van der Waals surface area contributed by atoms with E-state index in [1.54, 1.807) is 4.57 Å². The summed E-state index contributed by atoms with van der Waals surface area (Å²) < 4.78 is 13.5. The van der Waals surface area contributed by atoms with Crippen molar-refractivity contribution >= 4 is 33.3 Å². The molecule has 39 heavy (non-hydrogen) atoms. The number of para-hydroxylation sites is 1. The number of amides is 1. The van der Waals surface area contributed by atoms with Crippen LogP contribution in [0, 0.1) is 0 Å². The first-order chi connectivity index (χ1) is 18.8. The molecule has 4 aromatic carbocycles. The number of carbonyl (C=O) groups is 1. The predicted octanol–water partition coefficient (Wildman–Crippen LogP) is 7.30. The van der Waals surface area contributed by atoms with E-state index in [0.29, 0.717) is 23.4 Å². The number of rotatable bonds is 4. The van der Waals surface area contributed by atoms with Gasteiger partial charge in [0.05, 0.1) is 12.1 Å². The number of nitrogens with zero attached hydrogens (tertiary/aromatic N) is 3. The van der Waals surface area contributed by atoms with Gasteiger partial charge in [-0.1, -0.05) is 87.5 Å². The summed E-state index contributed by atoms with van der Waals surface area (Å²) in [5.41, 5.74) is 3.09. The van der Waals surface area contributed by atoms with Crippen LogP contribution in [0.4, 0.5) is 5.69 Å². The molecule has 0 radical (unpaired) electrons. The van der Waals surface area contributed by atoms with Crippen LogP contribution in [0.5, 0.6) is 17.4 Å². The van der Waals surface area contributed by atoms with Gasteiger partial charge in [0.2, 0.25) is 12.0 Å². The fourth-order valence-corrected chi connectivity index (χ4v) is 4.96. The number of ether oxygens (including phenoxy) is 2. The first kappa shape index (κ1) is 24.7. The summed E-state index contributed by atoms with van der Waals surface area (Å²) in [6.45, 7) is 6.80. The summed E-state index contributed by atoms with van der Waals surface area (Å²) in [6, 6.07) is 27.6. The summed E-state index contributed by atoms with van der Waals surface area (Å²) >= 11 is 0. The highest BCUT2D eigenvalue weighted by Gasteiger charge is 2.29. The van der Waals surface area contributed by atoms with Crippen molar-refractivity contribution in [3.05, 3.63) is 96.1 Å². The Hall–Kier alpha value is -4.65. The second-order valence-electron chi connectivity index (χ2n) is 10.8. The summed E-state index contributed by atoms with van der Waals surface area (Å²) in [5.74, 6) is 0.476. The van der Waals surface area contributed by atoms with Crippen molar-refractivity contribution in [2.24, 2.45) is 10.2 Å². The Morgan fingerprint density at radius 3 is 2.51 bits per heavy atom. The van der Waals surface area contributed by atoms with Gasteiger partial charge < -0.3 is 19.1 Å². The zero-order valence-corrected chi connectivity index (χ0v) is 22.1. The number of aromatic nitrogens is 1. The zero-order valence-electron chi connectivity index (χ0n) is 22.1. The molecule has 0 bridgehead atoms. The maximum absolute atomic E-state index is 13.0. The molecule has 1 atom stereocenters. The lowest BCUT2D eigenvalue weighted by atomic mass is 9.87. The lowest BCUT2D eigenvalue weighted by Gasteiger charge is -2.27. The highest BCUT2D eigenvalue weighted by atomic mass is 16.6. The third-order valence-corrected chi connectivity index (χ3v) is 7.12. The van der Waals surface area contributed by atoms with Crippen molar-refractivity contribution in [3.8, 4) is 17.4 Å². The van der Waals surface area contributed by atoms with Crippen molar-refractivity contribution in [3.63, 3.8) is 0 Å². The molecule has 0 saturated heterocycles. The Labute approximate surface area is 226 Å². The van der Waals surface area contributed by atoms with Gasteiger partial charge in [0.25, 0.3) is 0 Å². The van der Waals surface area contributed by atoms with E-state index in [-0.39, 0.29) is 23.6 Å². The van der Waals surface area contributed by atoms with E-state index in [1.165, 1.54) is 0 Å². The molecule has 0 fully saturated rings. The first-order valence-corrected chi connectivity index (χ1v) is 13.0. The molecule has 1 unspecified atom stereocenters. The topological polar surface area (TPSA) is 85.4 Å². The number of benzene rings is 4. The monoisotopic (exact) mass is 519 g/mol. The SMILES string of the molecule is CC(C)(C)c1ccc2c(c1)OC(C(=O)N=Nc1c(O)n(Cc3cccc4ccccc34)c3ccccc13)CO2. The minimum Gasteiger partial charge on any atom is -0.493 e. The van der Waals surface area contributed by atoms with Crippen LogP contribution in [-0.4, -0.2) is 28.3 Å². The molecule has 2 heterocycles. The van der Waals surface area contributed by atoms with Gasteiger partial charge >= 0.3 is 5.91 Å². The van der Waals surface area contributed by atoms with E-state index >= 15 is 0 Å². The van der Waals surface area contributed by atoms with Crippen LogP contribution < -0.4 is 9.47 Å². The smallest absolute Gasteiger partial charge is 0.308 e. The summed E-state index contributed by atoms with van der Waals surface area (Å²) in [5, 5.41) is 22.4. The fraction of sp³-hybridized carbons (Fsp3) is 0.219. The Balaban J connectivity index is 1.29. The molecule has 196 valence electrons. The first-order valence-electron chi connectivity index (χ1n) is 13.0. The lowest BCUT2D eigenvalue weighted by Crippen LogP contribution is -2.35. The van der Waals surface area contributed by atoms with Crippen LogP contribution in [-0.2, 0) is 16.8 Å². The van der Waals surface area contributed by atoms with Gasteiger partial charge in [-0.2, -0.15) is 0 Å². The van der Waals surface area contributed by atoms with Crippen molar-refractivity contribution in [2.75, 3.05) is 6.61 Å². The number of aromatic hydroxyl groups is 1. The van der Waals surface area contributed by atoms with Gasteiger partial charge in [-0.05, 0) is 45.5 Å². The number of hydrogen-bond acceptors (Lipinski definition) is 5. The Morgan fingerprint density at radius 1 is 0.949 bits per heavy atom. The highest BCUT2D eigenvalue weighted by Crippen LogP contribution is 2.40. The van der Waals surface area contributed by atoms with Gasteiger partial charge in [-0.25, -0.2) is 0 Å². The average molecular weight is 520 g/mol. The lowest BCUT2D eigenvalue weighted by molar-refractivity contribution is -0.127. The van der Waals surface area contributed by atoms with Gasteiger partial charge in [0, 0.05) is 5.39 Å². The third-order valence-electron chi connectivity index (χ3n) is 7.12. The van der Waals surface area contributed by atoms with Crippen LogP contribution in [0.3, 0.4) is 0 Å². The largest absolute Gasteiger partial charge is 0.493 e. The Morgan fingerprint density at radius 2 is 1.69 bits per heavy atom. The molecule has 7 nitrogen and oxygen atoms in total. The molecule has 6 rings (SSSR count). The minimum absolute atomic E-state index is 0.0363. The minimum atomic E-state index is -0.928. The second-order valence-corrected chi connectivity index (χ2v) is 10.8. The number of hydrogen-bond donors (Lipinski definition) is 1. The van der Waals surface area contributed by atoms with E-state index in [0.717, 1.165) is 27.4 Å². The van der Waals surface area contributed by atoms with E-state index < -0.39 is 12.0 Å². The van der Waals surface area contributed by atoms with Crippen LogP contribution in [0.1, 0.15) is 31.9 Å². The normalized spacial score (nSPS) is 15.3. The molecule has 1 aliphatic heterocycles. The molecular formula is C32H29N3O4. The maximum atomic E-state index is 13.0. The molecule has 0 saturated carbocycles. The van der Waals surface area contributed by atoms with Gasteiger partial charge in [-0.15, -0.1) is 10.2 Å². The number of azo groups is 1. The molecule has 1 amide bonds. The quantitative estimate of drug-likeness (QED) is 0.253. The third kappa shape index (κ3) is 4.61.